The first kappa shape index (κ1) is 19.6. The lowest BCUT2D eigenvalue weighted by molar-refractivity contribution is 0.461. The van der Waals surface area contributed by atoms with E-state index in [4.69, 9.17) is 0 Å². The third kappa shape index (κ3) is 5.42. The number of nitrogens with one attached hydrogen (secondary N) is 2. The van der Waals surface area contributed by atoms with Crippen LogP contribution in [0, 0.1) is 19.7 Å². The molecule has 1 saturated heterocycles. The van der Waals surface area contributed by atoms with Gasteiger partial charge in [0, 0.05) is 49.7 Å². The number of nitrogens with zero attached hydrogens (tertiary/aromatic N) is 3. The second-order valence-corrected chi connectivity index (χ2v) is 8.16. The molecule has 1 fully saturated rings. The van der Waals surface area contributed by atoms with Gasteiger partial charge in [0.15, 0.2) is 5.96 Å². The van der Waals surface area contributed by atoms with E-state index in [9.17, 15) is 4.39 Å². The highest BCUT2D eigenvalue weighted by Gasteiger charge is 2.20. The maximum absolute atomic E-state index is 13.4. The van der Waals surface area contributed by atoms with Gasteiger partial charge >= 0.3 is 0 Å². The Morgan fingerprint density at radius 1 is 1.33 bits per heavy atom. The van der Waals surface area contributed by atoms with Gasteiger partial charge < -0.3 is 15.5 Å². The number of halogens is 1. The Labute approximate surface area is 164 Å². The first-order chi connectivity index (χ1) is 13.0. The molecule has 7 heteroatoms. The molecule has 0 bridgehead atoms. The van der Waals surface area contributed by atoms with Gasteiger partial charge in [0.1, 0.15) is 5.82 Å². The van der Waals surface area contributed by atoms with Crippen LogP contribution in [0.2, 0.25) is 0 Å². The van der Waals surface area contributed by atoms with Crippen molar-refractivity contribution in [1.82, 2.24) is 15.6 Å². The third-order valence-electron chi connectivity index (χ3n) is 4.88. The fourth-order valence-electron chi connectivity index (χ4n) is 3.44. The van der Waals surface area contributed by atoms with E-state index in [0.717, 1.165) is 61.2 Å². The van der Waals surface area contributed by atoms with Crippen LogP contribution < -0.4 is 15.5 Å². The van der Waals surface area contributed by atoms with Crippen molar-refractivity contribution < 1.29 is 4.39 Å². The smallest absolute Gasteiger partial charge is 0.191 e. The number of aromatic nitrogens is 1. The lowest BCUT2D eigenvalue weighted by Gasteiger charge is -2.34. The van der Waals surface area contributed by atoms with Crippen LogP contribution in [0.15, 0.2) is 29.3 Å². The Morgan fingerprint density at radius 3 is 2.74 bits per heavy atom. The second kappa shape index (κ2) is 9.17. The molecule has 3 rings (SSSR count). The summed E-state index contributed by atoms with van der Waals surface area (Å²) in [5.41, 5.74) is 2.10. The molecule has 0 saturated carbocycles. The van der Waals surface area contributed by atoms with E-state index in [1.165, 1.54) is 10.9 Å². The quantitative estimate of drug-likeness (QED) is 0.609. The van der Waals surface area contributed by atoms with E-state index in [0.29, 0.717) is 6.04 Å². The van der Waals surface area contributed by atoms with Gasteiger partial charge in [-0.15, -0.1) is 11.3 Å². The Bertz CT molecular complexity index is 780. The summed E-state index contributed by atoms with van der Waals surface area (Å²) in [6.45, 7) is 6.78. The van der Waals surface area contributed by atoms with E-state index in [1.807, 2.05) is 13.0 Å². The molecule has 1 aliphatic heterocycles. The number of anilines is 1. The maximum atomic E-state index is 13.4. The Balaban J connectivity index is 1.43. The zero-order valence-electron chi connectivity index (χ0n) is 16.3. The number of rotatable bonds is 5. The molecule has 5 nitrogen and oxygen atoms in total. The van der Waals surface area contributed by atoms with Crippen molar-refractivity contribution in [3.05, 3.63) is 45.7 Å². The number of hydrogen-bond acceptors (Lipinski definition) is 4. The molecule has 2 N–H and O–H groups in total. The van der Waals surface area contributed by atoms with Gasteiger partial charge in [0.05, 0.1) is 10.7 Å². The number of aliphatic imine (C=N–C) groups is 1. The van der Waals surface area contributed by atoms with Gasteiger partial charge in [-0.05, 0) is 44.9 Å². The molecule has 27 heavy (non-hydrogen) atoms. The summed E-state index contributed by atoms with van der Waals surface area (Å²) in [4.78, 5) is 12.4. The number of piperidine rings is 1. The van der Waals surface area contributed by atoms with Gasteiger partial charge in [-0.1, -0.05) is 6.07 Å². The van der Waals surface area contributed by atoms with E-state index in [-0.39, 0.29) is 5.82 Å². The number of thiazole rings is 1. The minimum Gasteiger partial charge on any atom is -0.371 e. The largest absolute Gasteiger partial charge is 0.371 e. The lowest BCUT2D eigenvalue weighted by atomic mass is 10.0. The Hall–Kier alpha value is -2.15. The van der Waals surface area contributed by atoms with Crippen molar-refractivity contribution in [2.75, 3.05) is 31.6 Å². The number of guanidine groups is 1. The van der Waals surface area contributed by atoms with Crippen LogP contribution in [-0.2, 0) is 6.42 Å². The molecule has 1 aromatic heterocycles. The highest BCUT2D eigenvalue weighted by atomic mass is 32.1. The van der Waals surface area contributed by atoms with E-state index >= 15 is 0 Å². The number of aryl methyl sites for hydroxylation is 2. The van der Waals surface area contributed by atoms with Crippen LogP contribution in [0.3, 0.4) is 0 Å². The Kier molecular flexibility index (Phi) is 6.66. The van der Waals surface area contributed by atoms with E-state index in [2.05, 4.69) is 32.4 Å². The highest BCUT2D eigenvalue weighted by Crippen LogP contribution is 2.21. The summed E-state index contributed by atoms with van der Waals surface area (Å²) in [6, 6.07) is 7.22. The average molecular weight is 390 g/mol. The summed E-state index contributed by atoms with van der Waals surface area (Å²) < 4.78 is 13.4. The van der Waals surface area contributed by atoms with Crippen LogP contribution in [0.5, 0.6) is 0 Å². The minimum absolute atomic E-state index is 0.177. The second-order valence-electron chi connectivity index (χ2n) is 6.88. The molecule has 1 aromatic carbocycles. The molecular formula is C20H28FN5S. The summed E-state index contributed by atoms with van der Waals surface area (Å²) in [7, 11) is 1.80. The molecule has 0 radical (unpaired) electrons. The molecule has 0 spiro atoms. The lowest BCUT2D eigenvalue weighted by Crippen LogP contribution is -2.49. The fourth-order valence-corrected chi connectivity index (χ4v) is 4.38. The van der Waals surface area contributed by atoms with Gasteiger partial charge in [-0.3, -0.25) is 4.99 Å². The van der Waals surface area contributed by atoms with Crippen LogP contribution in [-0.4, -0.2) is 43.7 Å². The van der Waals surface area contributed by atoms with Gasteiger partial charge in [-0.2, -0.15) is 0 Å². The summed E-state index contributed by atoms with van der Waals surface area (Å²) in [6.07, 6.45) is 2.96. The zero-order chi connectivity index (χ0) is 19.2. The SMILES string of the molecule is CN=C(NCCc1sc(C)nc1C)NC1CCN(c2cccc(F)c2)CC1. The van der Waals surface area contributed by atoms with Crippen LogP contribution >= 0.6 is 11.3 Å². The molecule has 2 aromatic rings. The fraction of sp³-hybridized carbons (Fsp3) is 0.500. The molecule has 2 heterocycles. The normalized spacial score (nSPS) is 15.9. The topological polar surface area (TPSA) is 52.6 Å². The van der Waals surface area contributed by atoms with Crippen molar-refractivity contribution in [2.45, 2.75) is 39.2 Å². The molecule has 146 valence electrons. The van der Waals surface area contributed by atoms with Crippen LogP contribution in [0.1, 0.15) is 28.4 Å². The predicted molar refractivity (Wildman–Crippen MR) is 111 cm³/mol. The Morgan fingerprint density at radius 2 is 2.11 bits per heavy atom. The first-order valence-corrected chi connectivity index (χ1v) is 10.3. The highest BCUT2D eigenvalue weighted by molar-refractivity contribution is 7.11. The maximum Gasteiger partial charge on any atom is 0.191 e. The standard InChI is InChI=1S/C20H28FN5S/c1-14-19(27-15(2)24-14)7-10-23-20(22-3)25-17-8-11-26(12-9-17)18-6-4-5-16(21)13-18/h4-6,13,17H,7-12H2,1-3H3,(H2,22,23,25). The molecule has 0 aliphatic carbocycles. The summed E-state index contributed by atoms with van der Waals surface area (Å²) in [5, 5.41) is 8.05. The van der Waals surface area contributed by atoms with Crippen molar-refractivity contribution >= 4 is 23.0 Å². The molecule has 1 aliphatic rings. The van der Waals surface area contributed by atoms with Crippen LogP contribution in [0.4, 0.5) is 10.1 Å². The minimum atomic E-state index is -0.177. The van der Waals surface area contributed by atoms with Crippen LogP contribution in [0.25, 0.3) is 0 Å². The van der Waals surface area contributed by atoms with E-state index < -0.39 is 0 Å². The predicted octanol–water partition coefficient (Wildman–Crippen LogP) is 3.28. The molecule has 0 unspecified atom stereocenters. The summed E-state index contributed by atoms with van der Waals surface area (Å²) in [5.74, 6) is 0.668. The van der Waals surface area contributed by atoms with Gasteiger partial charge in [0.25, 0.3) is 0 Å². The first-order valence-electron chi connectivity index (χ1n) is 9.45. The number of hydrogen-bond donors (Lipinski definition) is 2. The average Bonchev–Trinajstić information content (AvgIpc) is 2.98. The van der Waals surface area contributed by atoms with Gasteiger partial charge in [0.2, 0.25) is 0 Å². The van der Waals surface area contributed by atoms with Crippen molar-refractivity contribution in [2.24, 2.45) is 4.99 Å². The van der Waals surface area contributed by atoms with Crippen molar-refractivity contribution in [1.29, 1.82) is 0 Å². The molecule has 0 atom stereocenters. The molecule has 0 amide bonds. The zero-order valence-corrected chi connectivity index (χ0v) is 17.1. The summed E-state index contributed by atoms with van der Waals surface area (Å²) >= 11 is 1.76. The number of benzene rings is 1. The molecular weight excluding hydrogens is 361 g/mol. The monoisotopic (exact) mass is 389 g/mol. The van der Waals surface area contributed by atoms with Gasteiger partial charge in [-0.25, -0.2) is 9.37 Å². The van der Waals surface area contributed by atoms with Crippen molar-refractivity contribution in [3.63, 3.8) is 0 Å². The third-order valence-corrected chi connectivity index (χ3v) is 6.01. The van der Waals surface area contributed by atoms with Crippen molar-refractivity contribution in [3.8, 4) is 0 Å². The van der Waals surface area contributed by atoms with E-state index in [1.54, 1.807) is 30.5 Å².